The van der Waals surface area contributed by atoms with Crippen molar-refractivity contribution in [2.75, 3.05) is 0 Å². The Bertz CT molecular complexity index is 766. The van der Waals surface area contributed by atoms with Crippen LogP contribution in [0.3, 0.4) is 0 Å². The molecule has 1 aromatic carbocycles. The largest absolute Gasteiger partial charge is 0.451 e. The quantitative estimate of drug-likeness (QED) is 0.366. The average molecular weight is 310 g/mol. The van der Waals surface area contributed by atoms with E-state index in [2.05, 4.69) is 10.9 Å². The highest BCUT2D eigenvalue weighted by atomic mass is 16.6. The predicted octanol–water partition coefficient (Wildman–Crippen LogP) is 3.22. The van der Waals surface area contributed by atoms with E-state index < -0.39 is 17.0 Å². The van der Waals surface area contributed by atoms with Gasteiger partial charge in [0.25, 0.3) is 5.69 Å². The highest BCUT2D eigenvalue weighted by Crippen LogP contribution is 2.23. The molecule has 0 radical (unpaired) electrons. The third-order valence-electron chi connectivity index (χ3n) is 3.20. The molecular weight excluding hydrogens is 296 g/mol. The van der Waals surface area contributed by atoms with E-state index in [0.717, 1.165) is 0 Å². The van der Waals surface area contributed by atoms with Crippen LogP contribution < -0.4 is 0 Å². The summed E-state index contributed by atoms with van der Waals surface area (Å²) < 4.78 is 5.40. The van der Waals surface area contributed by atoms with Gasteiger partial charge in [0.05, 0.1) is 22.6 Å². The van der Waals surface area contributed by atoms with Crippen molar-refractivity contribution in [1.82, 2.24) is 4.98 Å². The Morgan fingerprint density at radius 2 is 2.22 bits per heavy atom. The molecule has 0 N–H and O–H groups in total. The van der Waals surface area contributed by atoms with Crippen molar-refractivity contribution in [3.63, 3.8) is 0 Å². The molecule has 2 rings (SSSR count). The Hall–Kier alpha value is -3.20. The van der Waals surface area contributed by atoms with E-state index in [1.165, 1.54) is 18.2 Å². The Morgan fingerprint density at radius 1 is 1.43 bits per heavy atom. The van der Waals surface area contributed by atoms with Crippen LogP contribution in [0.2, 0.25) is 0 Å². The first-order chi connectivity index (χ1) is 11.0. The Balaban J connectivity index is 2.21. The van der Waals surface area contributed by atoms with Crippen molar-refractivity contribution in [2.45, 2.75) is 19.4 Å². The van der Waals surface area contributed by atoms with Gasteiger partial charge < -0.3 is 4.74 Å². The zero-order chi connectivity index (χ0) is 16.8. The summed E-state index contributed by atoms with van der Waals surface area (Å²) >= 11 is 0. The van der Waals surface area contributed by atoms with Crippen molar-refractivity contribution in [2.24, 2.45) is 0 Å². The fraction of sp³-hybridized carbons (Fsp3) is 0.176. The van der Waals surface area contributed by atoms with E-state index in [4.69, 9.17) is 11.2 Å². The number of carbonyl (C=O) groups is 1. The molecule has 6 nitrogen and oxygen atoms in total. The molecule has 1 heterocycles. The van der Waals surface area contributed by atoms with E-state index in [0.29, 0.717) is 11.3 Å². The summed E-state index contributed by atoms with van der Waals surface area (Å²) in [6.45, 7) is 1.56. The molecule has 1 aromatic heterocycles. The number of aryl methyl sites for hydroxylation is 1. The summed E-state index contributed by atoms with van der Waals surface area (Å²) in [7, 11) is 0. The summed E-state index contributed by atoms with van der Waals surface area (Å²) in [5.74, 6) is 1.85. The highest BCUT2D eigenvalue weighted by molar-refractivity contribution is 5.90. The van der Waals surface area contributed by atoms with Crippen LogP contribution in [0.25, 0.3) is 0 Å². The molecule has 1 atom stereocenters. The van der Waals surface area contributed by atoms with Crippen molar-refractivity contribution in [3.05, 3.63) is 69.5 Å². The van der Waals surface area contributed by atoms with Gasteiger partial charge in [0.2, 0.25) is 0 Å². The van der Waals surface area contributed by atoms with Gasteiger partial charge in [0.15, 0.2) is 6.10 Å². The molecule has 2 aromatic rings. The number of rotatable bonds is 5. The Labute approximate surface area is 133 Å². The first-order valence-corrected chi connectivity index (χ1v) is 6.83. The fourth-order valence-electron chi connectivity index (χ4n) is 2.06. The summed E-state index contributed by atoms with van der Waals surface area (Å²) in [4.78, 5) is 26.7. The molecule has 0 spiro atoms. The van der Waals surface area contributed by atoms with Gasteiger partial charge in [0.1, 0.15) is 0 Å². The molecular formula is C17H14N2O4. The smallest absolute Gasteiger partial charge is 0.338 e. The summed E-state index contributed by atoms with van der Waals surface area (Å²) in [6, 6.07) is 9.30. The van der Waals surface area contributed by atoms with Gasteiger partial charge in [-0.05, 0) is 31.2 Å². The molecule has 0 aliphatic rings. The van der Waals surface area contributed by atoms with Crippen molar-refractivity contribution < 1.29 is 14.5 Å². The minimum absolute atomic E-state index is 0.0496. The van der Waals surface area contributed by atoms with E-state index in [9.17, 15) is 14.9 Å². The van der Waals surface area contributed by atoms with Crippen LogP contribution in [0.15, 0.2) is 42.6 Å². The van der Waals surface area contributed by atoms with E-state index in [1.54, 1.807) is 31.3 Å². The first kappa shape index (κ1) is 16.2. The van der Waals surface area contributed by atoms with Gasteiger partial charge in [-0.15, -0.1) is 12.3 Å². The van der Waals surface area contributed by atoms with Crippen molar-refractivity contribution in [3.8, 4) is 12.3 Å². The van der Waals surface area contributed by atoms with Crippen LogP contribution >= 0.6 is 0 Å². The van der Waals surface area contributed by atoms with Gasteiger partial charge in [-0.25, -0.2) is 4.79 Å². The maximum Gasteiger partial charge on any atom is 0.338 e. The van der Waals surface area contributed by atoms with Crippen LogP contribution in [-0.4, -0.2) is 15.9 Å². The number of nitro benzene ring substituents is 1. The number of carbonyl (C=O) groups excluding carboxylic acids is 1. The van der Waals surface area contributed by atoms with Crippen LogP contribution in [0.4, 0.5) is 5.69 Å². The average Bonchev–Trinajstić information content (AvgIpc) is 2.54. The van der Waals surface area contributed by atoms with Crippen LogP contribution in [0.5, 0.6) is 0 Å². The maximum atomic E-state index is 12.2. The molecule has 0 amide bonds. The van der Waals surface area contributed by atoms with Crippen molar-refractivity contribution in [1.29, 1.82) is 0 Å². The predicted molar refractivity (Wildman–Crippen MR) is 83.7 cm³/mol. The lowest BCUT2D eigenvalue weighted by atomic mass is 10.1. The molecule has 6 heteroatoms. The highest BCUT2D eigenvalue weighted by Gasteiger charge is 2.20. The molecule has 0 saturated heterocycles. The number of aromatic nitrogens is 1. The Morgan fingerprint density at radius 3 is 2.78 bits per heavy atom. The normalized spacial score (nSPS) is 11.3. The third kappa shape index (κ3) is 3.92. The van der Waals surface area contributed by atoms with E-state index in [1.807, 2.05) is 0 Å². The molecule has 0 aliphatic carbocycles. The molecule has 0 bridgehead atoms. The minimum Gasteiger partial charge on any atom is -0.451 e. The number of hydrogen-bond donors (Lipinski definition) is 0. The molecule has 116 valence electrons. The van der Waals surface area contributed by atoms with Gasteiger partial charge in [-0.3, -0.25) is 15.1 Å². The summed E-state index contributed by atoms with van der Waals surface area (Å²) in [6.07, 6.45) is 6.43. The van der Waals surface area contributed by atoms with Crippen molar-refractivity contribution >= 4 is 11.7 Å². The zero-order valence-electron chi connectivity index (χ0n) is 12.4. The fourth-order valence-corrected chi connectivity index (χ4v) is 2.06. The van der Waals surface area contributed by atoms with Crippen LogP contribution in [-0.2, 0) is 4.74 Å². The number of nitro groups is 1. The molecule has 0 fully saturated rings. The Kier molecular flexibility index (Phi) is 5.05. The minimum atomic E-state index is -0.663. The summed E-state index contributed by atoms with van der Waals surface area (Å²) in [5, 5.41) is 10.8. The number of nitrogens with zero attached hydrogens (tertiary/aromatic N) is 2. The van der Waals surface area contributed by atoms with Gasteiger partial charge >= 0.3 is 5.97 Å². The third-order valence-corrected chi connectivity index (χ3v) is 3.20. The lowest BCUT2D eigenvalue weighted by Gasteiger charge is -2.15. The monoisotopic (exact) mass is 310 g/mol. The number of pyridine rings is 1. The topological polar surface area (TPSA) is 82.3 Å². The number of benzene rings is 1. The van der Waals surface area contributed by atoms with E-state index in [-0.39, 0.29) is 17.7 Å². The lowest BCUT2D eigenvalue weighted by Crippen LogP contribution is -2.13. The second-order valence-electron chi connectivity index (χ2n) is 4.82. The van der Waals surface area contributed by atoms with E-state index >= 15 is 0 Å². The first-order valence-electron chi connectivity index (χ1n) is 6.83. The summed E-state index contributed by atoms with van der Waals surface area (Å²) in [5.41, 5.74) is 1.12. The second-order valence-corrected chi connectivity index (χ2v) is 4.82. The molecule has 23 heavy (non-hydrogen) atoms. The maximum absolute atomic E-state index is 12.2. The molecule has 0 saturated carbocycles. The lowest BCUT2D eigenvalue weighted by molar-refractivity contribution is -0.385. The standard InChI is InChI=1S/C17H14N2O4/c1-3-6-16(14-7-4-5-10-18-14)23-17(20)13-8-9-15(19(21)22)12(2)11-13/h1,4-5,7-11,16H,6H2,2H3/t16-/m0/s1. The second kappa shape index (κ2) is 7.18. The van der Waals surface area contributed by atoms with Gasteiger partial charge in [-0.1, -0.05) is 6.07 Å². The number of terminal acetylenes is 1. The van der Waals surface area contributed by atoms with Gasteiger partial charge in [-0.2, -0.15) is 0 Å². The number of esters is 1. The van der Waals surface area contributed by atoms with Crippen LogP contribution in [0, 0.1) is 29.4 Å². The SMILES string of the molecule is C#CC[C@H](OC(=O)c1ccc([N+](=O)[O-])c(C)c1)c1ccccn1. The molecule has 0 unspecified atom stereocenters. The van der Waals surface area contributed by atoms with Gasteiger partial charge in [0, 0.05) is 17.8 Å². The van der Waals surface area contributed by atoms with Crippen LogP contribution in [0.1, 0.15) is 34.1 Å². The zero-order valence-corrected chi connectivity index (χ0v) is 12.4. The number of hydrogen-bond acceptors (Lipinski definition) is 5. The molecule has 0 aliphatic heterocycles. The number of ether oxygens (including phenoxy) is 1.